The highest BCUT2D eigenvalue weighted by Crippen LogP contribution is 2.11. The molecule has 0 radical (unpaired) electrons. The molecule has 0 fully saturated rings. The fraction of sp³-hybridized carbons (Fsp3) is 0.190. The first kappa shape index (κ1) is 17.8. The molecular formula is C21H21N5O2. The van der Waals surface area contributed by atoms with E-state index in [-0.39, 0.29) is 18.1 Å². The molecule has 7 nitrogen and oxygen atoms in total. The third-order valence-electron chi connectivity index (χ3n) is 4.72. The van der Waals surface area contributed by atoms with Gasteiger partial charge in [-0.1, -0.05) is 30.3 Å². The van der Waals surface area contributed by atoms with Gasteiger partial charge >= 0.3 is 5.69 Å². The predicted molar refractivity (Wildman–Crippen MR) is 107 cm³/mol. The van der Waals surface area contributed by atoms with Crippen molar-refractivity contribution in [1.29, 1.82) is 0 Å². The van der Waals surface area contributed by atoms with E-state index in [1.54, 1.807) is 11.6 Å². The number of aromatic nitrogens is 4. The number of nitrogens with one attached hydrogen (secondary N) is 1. The molecule has 28 heavy (non-hydrogen) atoms. The monoisotopic (exact) mass is 375 g/mol. The molecule has 0 aliphatic carbocycles. The summed E-state index contributed by atoms with van der Waals surface area (Å²) >= 11 is 0. The molecule has 0 aliphatic rings. The SMILES string of the molecule is Cn1c(=O)n(CC(=O)NCCc2ccn(-c3ccccc3)n2)c2ccccc21. The van der Waals surface area contributed by atoms with Crippen LogP contribution in [0.2, 0.25) is 0 Å². The zero-order chi connectivity index (χ0) is 19.5. The van der Waals surface area contributed by atoms with E-state index in [9.17, 15) is 9.59 Å². The molecule has 0 unspecified atom stereocenters. The van der Waals surface area contributed by atoms with Crippen molar-refractivity contribution in [2.24, 2.45) is 7.05 Å². The van der Waals surface area contributed by atoms with Gasteiger partial charge in [0.1, 0.15) is 6.54 Å². The van der Waals surface area contributed by atoms with Crippen LogP contribution in [0.3, 0.4) is 0 Å². The molecule has 2 heterocycles. The largest absolute Gasteiger partial charge is 0.354 e. The Morgan fingerprint density at radius 3 is 2.50 bits per heavy atom. The third kappa shape index (κ3) is 3.46. The molecule has 0 atom stereocenters. The smallest absolute Gasteiger partial charge is 0.329 e. The molecule has 142 valence electrons. The second kappa shape index (κ2) is 7.56. The van der Waals surface area contributed by atoms with E-state index in [0.29, 0.717) is 13.0 Å². The summed E-state index contributed by atoms with van der Waals surface area (Å²) in [6.45, 7) is 0.461. The summed E-state index contributed by atoms with van der Waals surface area (Å²) in [6, 6.07) is 19.3. The van der Waals surface area contributed by atoms with Gasteiger partial charge in [-0.25, -0.2) is 9.48 Å². The van der Waals surface area contributed by atoms with Crippen LogP contribution in [0.25, 0.3) is 16.7 Å². The number of carbonyl (C=O) groups excluding carboxylic acids is 1. The Hall–Kier alpha value is -3.61. The van der Waals surface area contributed by atoms with Gasteiger partial charge in [0.15, 0.2) is 0 Å². The van der Waals surface area contributed by atoms with E-state index < -0.39 is 0 Å². The quantitative estimate of drug-likeness (QED) is 0.559. The number of fused-ring (bicyclic) bond motifs is 1. The lowest BCUT2D eigenvalue weighted by molar-refractivity contribution is -0.121. The lowest BCUT2D eigenvalue weighted by atomic mass is 10.3. The second-order valence-electron chi connectivity index (χ2n) is 6.60. The van der Waals surface area contributed by atoms with Gasteiger partial charge in [0, 0.05) is 26.2 Å². The lowest BCUT2D eigenvalue weighted by Gasteiger charge is -2.05. The number of hydrogen-bond acceptors (Lipinski definition) is 3. The highest BCUT2D eigenvalue weighted by atomic mass is 16.2. The van der Waals surface area contributed by atoms with Crippen LogP contribution in [0, 0.1) is 0 Å². The van der Waals surface area contributed by atoms with E-state index in [4.69, 9.17) is 0 Å². The van der Waals surface area contributed by atoms with Crippen molar-refractivity contribution in [2.45, 2.75) is 13.0 Å². The Labute approximate surface area is 161 Å². The zero-order valence-electron chi connectivity index (χ0n) is 15.6. The minimum Gasteiger partial charge on any atom is -0.354 e. The first-order chi connectivity index (χ1) is 13.6. The van der Waals surface area contributed by atoms with Crippen molar-refractivity contribution in [3.8, 4) is 5.69 Å². The molecule has 0 spiro atoms. The normalized spacial score (nSPS) is 11.0. The molecular weight excluding hydrogens is 354 g/mol. The zero-order valence-corrected chi connectivity index (χ0v) is 15.6. The van der Waals surface area contributed by atoms with E-state index in [0.717, 1.165) is 22.4 Å². The maximum atomic E-state index is 12.4. The van der Waals surface area contributed by atoms with Crippen LogP contribution in [-0.4, -0.2) is 31.4 Å². The van der Waals surface area contributed by atoms with Crippen LogP contribution < -0.4 is 11.0 Å². The summed E-state index contributed by atoms with van der Waals surface area (Å²) in [6.07, 6.45) is 2.53. The Bertz CT molecular complexity index is 1170. The van der Waals surface area contributed by atoms with Crippen molar-refractivity contribution in [1.82, 2.24) is 24.2 Å². The van der Waals surface area contributed by atoms with Crippen LogP contribution in [-0.2, 0) is 24.8 Å². The average Bonchev–Trinajstić information content (AvgIpc) is 3.28. The fourth-order valence-corrected chi connectivity index (χ4v) is 3.27. The summed E-state index contributed by atoms with van der Waals surface area (Å²) in [5.74, 6) is -0.194. The molecule has 1 N–H and O–H groups in total. The number of aryl methyl sites for hydroxylation is 1. The van der Waals surface area contributed by atoms with Gasteiger partial charge in [0.25, 0.3) is 0 Å². The lowest BCUT2D eigenvalue weighted by Crippen LogP contribution is -2.33. The van der Waals surface area contributed by atoms with Gasteiger partial charge in [-0.15, -0.1) is 0 Å². The number of amides is 1. The number of para-hydroxylation sites is 3. The Morgan fingerprint density at radius 2 is 1.71 bits per heavy atom. The van der Waals surface area contributed by atoms with Crippen molar-refractivity contribution in [3.63, 3.8) is 0 Å². The first-order valence-corrected chi connectivity index (χ1v) is 9.14. The highest BCUT2D eigenvalue weighted by molar-refractivity contribution is 5.80. The molecule has 0 saturated carbocycles. The highest BCUT2D eigenvalue weighted by Gasteiger charge is 2.13. The summed E-state index contributed by atoms with van der Waals surface area (Å²) < 4.78 is 4.86. The predicted octanol–water partition coefficient (Wildman–Crippen LogP) is 1.88. The summed E-state index contributed by atoms with van der Waals surface area (Å²) in [4.78, 5) is 24.7. The molecule has 2 aromatic carbocycles. The standard InChI is InChI=1S/C21H21N5O2/c1-24-18-9-5-6-10-19(18)25(21(24)28)15-20(27)22-13-11-16-12-14-26(23-16)17-7-3-2-4-8-17/h2-10,12,14H,11,13,15H2,1H3,(H,22,27). The molecule has 4 aromatic rings. The number of benzene rings is 2. The van der Waals surface area contributed by atoms with Gasteiger partial charge in [0.2, 0.25) is 5.91 Å². The van der Waals surface area contributed by atoms with Crippen LogP contribution in [0.4, 0.5) is 0 Å². The number of hydrogen-bond donors (Lipinski definition) is 1. The van der Waals surface area contributed by atoms with Crippen LogP contribution >= 0.6 is 0 Å². The minimum absolute atomic E-state index is 0.00135. The Morgan fingerprint density at radius 1 is 1.00 bits per heavy atom. The van der Waals surface area contributed by atoms with Gasteiger partial charge in [-0.3, -0.25) is 13.9 Å². The fourth-order valence-electron chi connectivity index (χ4n) is 3.27. The van der Waals surface area contributed by atoms with Gasteiger partial charge in [-0.05, 0) is 30.3 Å². The average molecular weight is 375 g/mol. The van der Waals surface area contributed by atoms with E-state index in [1.807, 2.05) is 71.5 Å². The van der Waals surface area contributed by atoms with Crippen molar-refractivity contribution < 1.29 is 4.79 Å². The van der Waals surface area contributed by atoms with Crippen LogP contribution in [0.1, 0.15) is 5.69 Å². The molecule has 0 saturated heterocycles. The molecule has 1 amide bonds. The number of imidazole rings is 1. The molecule has 2 aromatic heterocycles. The minimum atomic E-state index is -0.196. The molecule has 0 aliphatic heterocycles. The van der Waals surface area contributed by atoms with E-state index in [1.165, 1.54) is 4.57 Å². The number of carbonyl (C=O) groups is 1. The molecule has 7 heteroatoms. The van der Waals surface area contributed by atoms with Crippen molar-refractivity contribution >= 4 is 16.9 Å². The number of nitrogens with zero attached hydrogens (tertiary/aromatic N) is 4. The van der Waals surface area contributed by atoms with Crippen LogP contribution in [0.5, 0.6) is 0 Å². The number of rotatable bonds is 6. The first-order valence-electron chi connectivity index (χ1n) is 9.14. The summed E-state index contributed by atoms with van der Waals surface area (Å²) in [5, 5.41) is 7.40. The molecule has 4 rings (SSSR count). The maximum Gasteiger partial charge on any atom is 0.329 e. The molecule has 0 bridgehead atoms. The maximum absolute atomic E-state index is 12.4. The van der Waals surface area contributed by atoms with Gasteiger partial charge in [0.05, 0.1) is 22.4 Å². The Balaban J connectivity index is 1.37. The summed E-state index contributed by atoms with van der Waals surface area (Å²) in [5.41, 5.74) is 3.26. The summed E-state index contributed by atoms with van der Waals surface area (Å²) in [7, 11) is 1.71. The topological polar surface area (TPSA) is 73.8 Å². The van der Waals surface area contributed by atoms with E-state index >= 15 is 0 Å². The van der Waals surface area contributed by atoms with Gasteiger partial charge in [-0.2, -0.15) is 5.10 Å². The Kier molecular flexibility index (Phi) is 4.80. The van der Waals surface area contributed by atoms with Crippen molar-refractivity contribution in [3.05, 3.63) is 83.0 Å². The third-order valence-corrected chi connectivity index (χ3v) is 4.72. The van der Waals surface area contributed by atoms with Gasteiger partial charge < -0.3 is 5.32 Å². The van der Waals surface area contributed by atoms with Crippen molar-refractivity contribution in [2.75, 3.05) is 6.54 Å². The van der Waals surface area contributed by atoms with E-state index in [2.05, 4.69) is 10.4 Å². The van der Waals surface area contributed by atoms with Crippen LogP contribution in [0.15, 0.2) is 71.7 Å². The second-order valence-corrected chi connectivity index (χ2v) is 6.60.